The molecule has 3 amide bonds. The number of urea groups is 1. The summed E-state index contributed by atoms with van der Waals surface area (Å²) in [6, 6.07) is 7.47. The summed E-state index contributed by atoms with van der Waals surface area (Å²) in [5.74, 6) is -5.71. The number of nitrogens with one attached hydrogen (secondary N) is 3. The standard InChI is InChI=1S/C24H19ClF4N4O4S/c1-38(36,37)32-17-5-3-2-4-13(17)14-6-7-19(21(29)20(14)28)33-9-8-18(23(33)34)30-24(35)31-22-15(26)10-12(25)11-16(22)27/h2-7,10-11,18,32H,8-9H2,1H3,(H2,30,31,35)/t18-/m1/s1. The summed E-state index contributed by atoms with van der Waals surface area (Å²) < 4.78 is 83.7. The highest BCUT2D eigenvalue weighted by molar-refractivity contribution is 7.92. The number of carbonyl (C=O) groups is 2. The number of amides is 3. The van der Waals surface area contributed by atoms with Gasteiger partial charge in [0.1, 0.15) is 11.7 Å². The van der Waals surface area contributed by atoms with Crippen molar-refractivity contribution in [3.05, 3.63) is 76.8 Å². The minimum Gasteiger partial charge on any atom is -0.326 e. The molecule has 0 spiro atoms. The summed E-state index contributed by atoms with van der Waals surface area (Å²) in [5.41, 5.74) is -1.31. The Kier molecular flexibility index (Phi) is 7.51. The predicted octanol–water partition coefficient (Wildman–Crippen LogP) is 4.86. The summed E-state index contributed by atoms with van der Waals surface area (Å²) >= 11 is 5.55. The molecule has 3 N–H and O–H groups in total. The van der Waals surface area contributed by atoms with E-state index in [-0.39, 0.29) is 34.8 Å². The highest BCUT2D eigenvalue weighted by Gasteiger charge is 2.36. The molecule has 1 aliphatic heterocycles. The highest BCUT2D eigenvalue weighted by atomic mass is 35.5. The summed E-state index contributed by atoms with van der Waals surface area (Å²) in [6.45, 7) is -0.0879. The Bertz CT molecular complexity index is 1530. The van der Waals surface area contributed by atoms with Crippen molar-refractivity contribution in [2.24, 2.45) is 0 Å². The minimum absolute atomic E-state index is 0.00174. The molecule has 1 fully saturated rings. The van der Waals surface area contributed by atoms with E-state index >= 15 is 8.78 Å². The fourth-order valence-corrected chi connectivity index (χ4v) is 4.75. The zero-order chi connectivity index (χ0) is 27.8. The summed E-state index contributed by atoms with van der Waals surface area (Å²) in [4.78, 5) is 26.0. The molecule has 4 rings (SSSR count). The zero-order valence-corrected chi connectivity index (χ0v) is 21.1. The van der Waals surface area contributed by atoms with Crippen LogP contribution in [0.5, 0.6) is 0 Å². The molecule has 0 unspecified atom stereocenters. The molecule has 0 radical (unpaired) electrons. The number of halogens is 5. The summed E-state index contributed by atoms with van der Waals surface area (Å²) in [5, 5.41) is 4.00. The van der Waals surface area contributed by atoms with Gasteiger partial charge in [0.05, 0.1) is 17.6 Å². The van der Waals surface area contributed by atoms with Crippen LogP contribution in [0.2, 0.25) is 5.02 Å². The number of rotatable bonds is 6. The van der Waals surface area contributed by atoms with E-state index in [1.807, 2.05) is 5.32 Å². The van der Waals surface area contributed by atoms with Crippen molar-refractivity contribution in [2.75, 3.05) is 27.7 Å². The van der Waals surface area contributed by atoms with Gasteiger partial charge in [-0.15, -0.1) is 0 Å². The number of benzene rings is 3. The lowest BCUT2D eigenvalue weighted by molar-refractivity contribution is -0.118. The Morgan fingerprint density at radius 2 is 1.66 bits per heavy atom. The third-order valence-electron chi connectivity index (χ3n) is 5.62. The molecule has 14 heteroatoms. The smallest absolute Gasteiger partial charge is 0.320 e. The molecular formula is C24H19ClF4N4O4S. The zero-order valence-electron chi connectivity index (χ0n) is 19.5. The maximum absolute atomic E-state index is 15.1. The summed E-state index contributed by atoms with van der Waals surface area (Å²) in [7, 11) is -3.71. The van der Waals surface area contributed by atoms with Crippen molar-refractivity contribution >= 4 is 50.6 Å². The molecule has 3 aromatic rings. The van der Waals surface area contributed by atoms with Crippen LogP contribution < -0.4 is 20.3 Å². The Morgan fingerprint density at radius 3 is 2.32 bits per heavy atom. The second-order valence-electron chi connectivity index (χ2n) is 8.35. The average molecular weight is 571 g/mol. The number of hydrogen-bond acceptors (Lipinski definition) is 4. The number of sulfonamides is 1. The SMILES string of the molecule is CS(=O)(=O)Nc1ccccc1-c1ccc(N2CC[C@@H](NC(=O)Nc3c(F)cc(Cl)cc3F)C2=O)c(F)c1F. The lowest BCUT2D eigenvalue weighted by atomic mass is 10.0. The largest absolute Gasteiger partial charge is 0.326 e. The first-order valence-electron chi connectivity index (χ1n) is 10.9. The molecule has 0 saturated carbocycles. The highest BCUT2D eigenvalue weighted by Crippen LogP contribution is 2.36. The van der Waals surface area contributed by atoms with Crippen LogP contribution in [0.3, 0.4) is 0 Å². The van der Waals surface area contributed by atoms with E-state index in [4.69, 9.17) is 11.6 Å². The van der Waals surface area contributed by atoms with Crippen LogP contribution in [0.15, 0.2) is 48.5 Å². The van der Waals surface area contributed by atoms with Crippen molar-refractivity contribution in [1.82, 2.24) is 5.32 Å². The summed E-state index contributed by atoms with van der Waals surface area (Å²) in [6.07, 6.45) is 0.914. The van der Waals surface area contributed by atoms with Gasteiger partial charge in [0.25, 0.3) is 0 Å². The van der Waals surface area contributed by atoms with Gasteiger partial charge in [-0.25, -0.2) is 30.8 Å². The van der Waals surface area contributed by atoms with Gasteiger partial charge in [-0.05, 0) is 36.8 Å². The van der Waals surface area contributed by atoms with E-state index in [0.717, 1.165) is 29.4 Å². The van der Waals surface area contributed by atoms with Gasteiger partial charge in [0.15, 0.2) is 23.3 Å². The molecule has 0 bridgehead atoms. The van der Waals surface area contributed by atoms with Gasteiger partial charge >= 0.3 is 6.03 Å². The number of carbonyl (C=O) groups excluding carboxylic acids is 2. The molecule has 1 heterocycles. The van der Waals surface area contributed by atoms with E-state index in [1.165, 1.54) is 30.3 Å². The number of anilines is 3. The Morgan fingerprint density at radius 1 is 1.00 bits per heavy atom. The number of nitrogens with zero attached hydrogens (tertiary/aromatic N) is 1. The lowest BCUT2D eigenvalue weighted by Gasteiger charge is -2.20. The first-order valence-corrected chi connectivity index (χ1v) is 13.2. The fraction of sp³-hybridized carbons (Fsp3) is 0.167. The van der Waals surface area contributed by atoms with Gasteiger partial charge in [-0.2, -0.15) is 0 Å². The molecule has 3 aromatic carbocycles. The van der Waals surface area contributed by atoms with Crippen LogP contribution >= 0.6 is 11.6 Å². The van der Waals surface area contributed by atoms with E-state index in [1.54, 1.807) is 0 Å². The third kappa shape index (κ3) is 5.68. The van der Waals surface area contributed by atoms with Crippen molar-refractivity contribution in [1.29, 1.82) is 0 Å². The number of hydrogen-bond donors (Lipinski definition) is 3. The Balaban J connectivity index is 1.53. The van der Waals surface area contributed by atoms with Crippen LogP contribution in [0.1, 0.15) is 6.42 Å². The van der Waals surface area contributed by atoms with Gasteiger partial charge in [-0.3, -0.25) is 9.52 Å². The predicted molar refractivity (Wildman–Crippen MR) is 135 cm³/mol. The molecule has 8 nitrogen and oxygen atoms in total. The average Bonchev–Trinajstić information content (AvgIpc) is 3.17. The van der Waals surface area contributed by atoms with Crippen molar-refractivity contribution in [3.63, 3.8) is 0 Å². The first kappa shape index (κ1) is 27.2. The van der Waals surface area contributed by atoms with E-state index in [9.17, 15) is 26.8 Å². The fourth-order valence-electron chi connectivity index (χ4n) is 3.98. The Hall–Kier alpha value is -3.84. The van der Waals surface area contributed by atoms with Gasteiger partial charge < -0.3 is 15.5 Å². The monoisotopic (exact) mass is 570 g/mol. The minimum atomic E-state index is -3.71. The maximum atomic E-state index is 15.1. The molecule has 200 valence electrons. The third-order valence-corrected chi connectivity index (χ3v) is 6.43. The molecule has 1 saturated heterocycles. The van der Waals surface area contributed by atoms with E-state index in [0.29, 0.717) is 0 Å². The van der Waals surface area contributed by atoms with Crippen LogP contribution in [-0.2, 0) is 14.8 Å². The molecule has 0 aliphatic carbocycles. The van der Waals surface area contributed by atoms with Crippen molar-refractivity contribution in [3.8, 4) is 11.1 Å². The van der Waals surface area contributed by atoms with Crippen LogP contribution in [0, 0.1) is 23.3 Å². The maximum Gasteiger partial charge on any atom is 0.320 e. The van der Waals surface area contributed by atoms with Gasteiger partial charge in [0, 0.05) is 22.7 Å². The van der Waals surface area contributed by atoms with Crippen LogP contribution in [0.25, 0.3) is 11.1 Å². The topological polar surface area (TPSA) is 108 Å². The van der Waals surface area contributed by atoms with E-state index < -0.39 is 62.6 Å². The van der Waals surface area contributed by atoms with Crippen LogP contribution in [-0.4, -0.2) is 39.2 Å². The Labute approximate surface area is 219 Å². The second-order valence-corrected chi connectivity index (χ2v) is 10.5. The normalized spacial score (nSPS) is 15.5. The van der Waals surface area contributed by atoms with Gasteiger partial charge in [-0.1, -0.05) is 29.8 Å². The van der Waals surface area contributed by atoms with Crippen molar-refractivity contribution in [2.45, 2.75) is 12.5 Å². The van der Waals surface area contributed by atoms with E-state index in [2.05, 4.69) is 10.0 Å². The molecular weight excluding hydrogens is 552 g/mol. The second kappa shape index (κ2) is 10.5. The lowest BCUT2D eigenvalue weighted by Crippen LogP contribution is -2.43. The molecule has 1 aliphatic rings. The van der Waals surface area contributed by atoms with Crippen molar-refractivity contribution < 1.29 is 35.6 Å². The van der Waals surface area contributed by atoms with Crippen LogP contribution in [0.4, 0.5) is 39.4 Å². The molecule has 0 aromatic heterocycles. The molecule has 1 atom stereocenters. The number of para-hydroxylation sites is 1. The first-order chi connectivity index (χ1) is 17.9. The quantitative estimate of drug-likeness (QED) is 0.368. The van der Waals surface area contributed by atoms with Gasteiger partial charge in [0.2, 0.25) is 15.9 Å². The molecule has 38 heavy (non-hydrogen) atoms.